The summed E-state index contributed by atoms with van der Waals surface area (Å²) in [5, 5.41) is 0. The number of rotatable bonds is 4. The van der Waals surface area contributed by atoms with Gasteiger partial charge >= 0.3 is 0 Å². The summed E-state index contributed by atoms with van der Waals surface area (Å²) in [7, 11) is 0. The Morgan fingerprint density at radius 1 is 1.56 bits per heavy atom. The van der Waals surface area contributed by atoms with Crippen molar-refractivity contribution in [3.8, 4) is 0 Å². The van der Waals surface area contributed by atoms with Gasteiger partial charge in [0.2, 0.25) is 0 Å². The second-order valence-electron chi connectivity index (χ2n) is 4.10. The van der Waals surface area contributed by atoms with Gasteiger partial charge in [-0.1, -0.05) is 6.92 Å². The molecule has 3 nitrogen and oxygen atoms in total. The topological polar surface area (TPSA) is 33.2 Å². The molecule has 1 amide bonds. The summed E-state index contributed by atoms with van der Waals surface area (Å²) in [6, 6.07) is 4.10. The third-order valence-electron chi connectivity index (χ3n) is 2.69. The number of amides is 1. The number of pyridine rings is 1. The third-order valence-corrected chi connectivity index (χ3v) is 3.16. The zero-order valence-corrected chi connectivity index (χ0v) is 10.9. The standard InChI is InChI=1S/C12H15BrN2O/c1-2-7-15(10-4-5-10)12(16)9-3-6-11(13)14-8-9/h3,6,8,10H,2,4-5,7H2,1H3. The molecule has 1 aromatic heterocycles. The van der Waals surface area contributed by atoms with Gasteiger partial charge in [0.05, 0.1) is 5.56 Å². The number of hydrogen-bond acceptors (Lipinski definition) is 2. The lowest BCUT2D eigenvalue weighted by Crippen LogP contribution is -2.33. The number of hydrogen-bond donors (Lipinski definition) is 0. The molecule has 0 aliphatic heterocycles. The minimum atomic E-state index is 0.115. The second-order valence-corrected chi connectivity index (χ2v) is 4.91. The van der Waals surface area contributed by atoms with Gasteiger partial charge in [0.25, 0.3) is 5.91 Å². The fourth-order valence-electron chi connectivity index (χ4n) is 1.75. The van der Waals surface area contributed by atoms with E-state index in [1.807, 2.05) is 17.0 Å². The van der Waals surface area contributed by atoms with E-state index in [1.54, 1.807) is 6.20 Å². The average Bonchev–Trinajstić information content (AvgIpc) is 3.10. The molecular formula is C12H15BrN2O. The molecule has 0 atom stereocenters. The van der Waals surface area contributed by atoms with Crippen molar-refractivity contribution in [3.63, 3.8) is 0 Å². The van der Waals surface area contributed by atoms with Crippen molar-refractivity contribution in [2.45, 2.75) is 32.2 Å². The van der Waals surface area contributed by atoms with Crippen LogP contribution in [-0.2, 0) is 0 Å². The highest BCUT2D eigenvalue weighted by molar-refractivity contribution is 9.10. The minimum absolute atomic E-state index is 0.115. The van der Waals surface area contributed by atoms with Crippen molar-refractivity contribution in [2.75, 3.05) is 6.54 Å². The Morgan fingerprint density at radius 2 is 2.31 bits per heavy atom. The van der Waals surface area contributed by atoms with Crippen LogP contribution in [0.5, 0.6) is 0 Å². The van der Waals surface area contributed by atoms with E-state index in [-0.39, 0.29) is 5.91 Å². The summed E-state index contributed by atoms with van der Waals surface area (Å²) >= 11 is 3.27. The van der Waals surface area contributed by atoms with E-state index in [1.165, 1.54) is 0 Å². The third kappa shape index (κ3) is 2.61. The molecule has 1 aliphatic carbocycles. The van der Waals surface area contributed by atoms with Crippen LogP contribution in [0.25, 0.3) is 0 Å². The smallest absolute Gasteiger partial charge is 0.255 e. The molecule has 16 heavy (non-hydrogen) atoms. The molecule has 0 saturated heterocycles. The van der Waals surface area contributed by atoms with Crippen LogP contribution in [0, 0.1) is 0 Å². The quantitative estimate of drug-likeness (QED) is 0.796. The number of carbonyl (C=O) groups is 1. The van der Waals surface area contributed by atoms with Crippen molar-refractivity contribution in [3.05, 3.63) is 28.5 Å². The first kappa shape index (κ1) is 11.6. The summed E-state index contributed by atoms with van der Waals surface area (Å²) in [6.07, 6.45) is 4.94. The Balaban J connectivity index is 2.12. The molecule has 0 aromatic carbocycles. The van der Waals surface area contributed by atoms with Crippen LogP contribution < -0.4 is 0 Å². The molecule has 1 fully saturated rings. The highest BCUT2D eigenvalue weighted by atomic mass is 79.9. The van der Waals surface area contributed by atoms with Crippen molar-refractivity contribution >= 4 is 21.8 Å². The molecule has 0 bridgehead atoms. The first-order valence-corrected chi connectivity index (χ1v) is 6.44. The normalized spacial score (nSPS) is 14.9. The molecule has 4 heteroatoms. The SMILES string of the molecule is CCCN(C(=O)c1ccc(Br)nc1)C1CC1. The van der Waals surface area contributed by atoms with E-state index >= 15 is 0 Å². The number of nitrogens with zero attached hydrogens (tertiary/aromatic N) is 2. The molecule has 2 rings (SSSR count). The summed E-state index contributed by atoms with van der Waals surface area (Å²) in [5.74, 6) is 0.115. The van der Waals surface area contributed by atoms with E-state index in [0.717, 1.165) is 30.4 Å². The number of carbonyl (C=O) groups excluding carboxylic acids is 1. The maximum atomic E-state index is 12.2. The molecule has 0 N–H and O–H groups in total. The molecule has 1 heterocycles. The molecule has 0 spiro atoms. The largest absolute Gasteiger partial charge is 0.336 e. The molecule has 1 saturated carbocycles. The van der Waals surface area contributed by atoms with Gasteiger partial charge in [-0.25, -0.2) is 4.98 Å². The van der Waals surface area contributed by atoms with Gasteiger partial charge in [0, 0.05) is 18.8 Å². The Bertz CT molecular complexity index is 373. The fraction of sp³-hybridized carbons (Fsp3) is 0.500. The molecular weight excluding hydrogens is 268 g/mol. The van der Waals surface area contributed by atoms with E-state index in [0.29, 0.717) is 11.6 Å². The summed E-state index contributed by atoms with van der Waals surface area (Å²) in [6.45, 7) is 2.95. The van der Waals surface area contributed by atoms with Crippen LogP contribution in [0.15, 0.2) is 22.9 Å². The predicted octanol–water partition coefficient (Wildman–Crippen LogP) is 2.86. The molecule has 0 unspecified atom stereocenters. The van der Waals surface area contributed by atoms with E-state index < -0.39 is 0 Å². The van der Waals surface area contributed by atoms with Crippen molar-refractivity contribution in [1.82, 2.24) is 9.88 Å². The summed E-state index contributed by atoms with van der Waals surface area (Å²) < 4.78 is 0.762. The van der Waals surface area contributed by atoms with Crippen LogP contribution >= 0.6 is 15.9 Å². The zero-order chi connectivity index (χ0) is 11.5. The maximum absolute atomic E-state index is 12.2. The van der Waals surface area contributed by atoms with Crippen LogP contribution in [-0.4, -0.2) is 28.4 Å². The first-order valence-electron chi connectivity index (χ1n) is 5.65. The van der Waals surface area contributed by atoms with Gasteiger partial charge in [-0.05, 0) is 47.3 Å². The Labute approximate surface area is 104 Å². The second kappa shape index (κ2) is 4.95. The highest BCUT2D eigenvalue weighted by Gasteiger charge is 2.32. The highest BCUT2D eigenvalue weighted by Crippen LogP contribution is 2.28. The van der Waals surface area contributed by atoms with Gasteiger partial charge in [0.15, 0.2) is 0 Å². The Morgan fingerprint density at radius 3 is 2.81 bits per heavy atom. The van der Waals surface area contributed by atoms with E-state index in [9.17, 15) is 4.79 Å². The lowest BCUT2D eigenvalue weighted by atomic mass is 10.2. The van der Waals surface area contributed by atoms with Gasteiger partial charge in [0.1, 0.15) is 4.60 Å². The van der Waals surface area contributed by atoms with Gasteiger partial charge in [-0.15, -0.1) is 0 Å². The van der Waals surface area contributed by atoms with Gasteiger partial charge < -0.3 is 4.90 Å². The van der Waals surface area contributed by atoms with E-state index in [2.05, 4.69) is 27.8 Å². The zero-order valence-electron chi connectivity index (χ0n) is 9.32. The van der Waals surface area contributed by atoms with Crippen LogP contribution in [0.4, 0.5) is 0 Å². The maximum Gasteiger partial charge on any atom is 0.255 e. The number of aromatic nitrogens is 1. The van der Waals surface area contributed by atoms with Crippen LogP contribution in [0.2, 0.25) is 0 Å². The van der Waals surface area contributed by atoms with Gasteiger partial charge in [-0.2, -0.15) is 0 Å². The lowest BCUT2D eigenvalue weighted by molar-refractivity contribution is 0.0742. The lowest BCUT2D eigenvalue weighted by Gasteiger charge is -2.21. The number of halogens is 1. The molecule has 1 aliphatic rings. The molecule has 86 valence electrons. The van der Waals surface area contributed by atoms with Crippen molar-refractivity contribution < 1.29 is 4.79 Å². The molecule has 1 aromatic rings. The fourth-order valence-corrected chi connectivity index (χ4v) is 1.98. The monoisotopic (exact) mass is 282 g/mol. The Kier molecular flexibility index (Phi) is 3.59. The van der Waals surface area contributed by atoms with Gasteiger partial charge in [-0.3, -0.25) is 4.79 Å². The summed E-state index contributed by atoms with van der Waals surface area (Å²) in [4.78, 5) is 18.3. The minimum Gasteiger partial charge on any atom is -0.336 e. The molecule has 0 radical (unpaired) electrons. The van der Waals surface area contributed by atoms with E-state index in [4.69, 9.17) is 0 Å². The van der Waals surface area contributed by atoms with Crippen molar-refractivity contribution in [2.24, 2.45) is 0 Å². The summed E-state index contributed by atoms with van der Waals surface area (Å²) in [5.41, 5.74) is 0.684. The Hall–Kier alpha value is -0.900. The van der Waals surface area contributed by atoms with Crippen molar-refractivity contribution in [1.29, 1.82) is 0 Å². The predicted molar refractivity (Wildman–Crippen MR) is 66.3 cm³/mol. The van der Waals surface area contributed by atoms with Crippen LogP contribution in [0.1, 0.15) is 36.5 Å². The van der Waals surface area contributed by atoms with Crippen LogP contribution in [0.3, 0.4) is 0 Å². The average molecular weight is 283 g/mol. The first-order chi connectivity index (χ1) is 7.72.